The average Bonchev–Trinajstić information content (AvgIpc) is 3.07. The molecule has 4 atom stereocenters. The van der Waals surface area contributed by atoms with Crippen LogP contribution in [0.2, 0.25) is 0 Å². The molecule has 1 saturated heterocycles. The van der Waals surface area contributed by atoms with Gasteiger partial charge in [-0.05, 0) is 47.9 Å². The second-order valence-electron chi connectivity index (χ2n) is 7.06. The van der Waals surface area contributed by atoms with E-state index < -0.39 is 34.9 Å². The number of hydrogen-bond donors (Lipinski definition) is 2. The summed E-state index contributed by atoms with van der Waals surface area (Å²) in [5.41, 5.74) is 8.52. The van der Waals surface area contributed by atoms with E-state index in [4.69, 9.17) is 10.5 Å². The number of fused-ring (bicyclic) bond motifs is 1. The van der Waals surface area contributed by atoms with Crippen molar-refractivity contribution in [2.75, 3.05) is 6.61 Å². The normalized spacial score (nSPS) is 26.7. The van der Waals surface area contributed by atoms with Gasteiger partial charge in [-0.2, -0.15) is 0 Å². The van der Waals surface area contributed by atoms with E-state index in [0.29, 0.717) is 31.0 Å². The quantitative estimate of drug-likeness (QED) is 0.783. The Kier molecular flexibility index (Phi) is 5.09. The lowest BCUT2D eigenvalue weighted by atomic mass is 9.93. The van der Waals surface area contributed by atoms with E-state index in [9.17, 15) is 17.5 Å². The Bertz CT molecular complexity index is 895. The molecule has 2 heterocycles. The molecule has 144 valence electrons. The Hall–Kier alpha value is -1.71. The molecule has 2 aromatic rings. The second kappa shape index (κ2) is 7.37. The van der Waals surface area contributed by atoms with Crippen molar-refractivity contribution in [3.63, 3.8) is 0 Å². The van der Waals surface area contributed by atoms with Gasteiger partial charge in [-0.15, -0.1) is 0 Å². The third kappa shape index (κ3) is 3.68. The van der Waals surface area contributed by atoms with Crippen LogP contribution < -0.4 is 5.73 Å². The number of nitrogens with two attached hydrogens (primary N) is 1. The summed E-state index contributed by atoms with van der Waals surface area (Å²) in [6.45, 7) is 1.70. The lowest BCUT2D eigenvalue weighted by molar-refractivity contribution is -0.0531. The van der Waals surface area contributed by atoms with Crippen LogP contribution in [0, 0.1) is 11.6 Å². The fraction of sp³-hybridized carbons (Fsp3) is 0.368. The zero-order chi connectivity index (χ0) is 19.1. The minimum Gasteiger partial charge on any atom is -0.370 e. The van der Waals surface area contributed by atoms with Gasteiger partial charge in [0.2, 0.25) is 0 Å². The lowest BCUT2D eigenvalue weighted by Crippen LogP contribution is -2.47. The molecule has 1 fully saturated rings. The first-order valence-electron chi connectivity index (χ1n) is 8.71. The van der Waals surface area contributed by atoms with Gasteiger partial charge in [0, 0.05) is 30.7 Å². The van der Waals surface area contributed by atoms with Crippen molar-refractivity contribution >= 4 is 11.1 Å². The third-order valence-electron chi connectivity index (χ3n) is 5.31. The van der Waals surface area contributed by atoms with Crippen molar-refractivity contribution in [3.8, 4) is 0 Å². The average molecular weight is 394 g/mol. The standard InChI is InChI=1S/C19H20F2N2O3S/c20-13-2-4-17(21)16(6-13)19-18(22)7-14(10-26-19)23-8-11-1-3-15(27(24)25)5-12(11)9-23/h1-6,14,18-19H,7-10,22H2,(H,24,25)/t14-,18+,19-/m1/s1. The van der Waals surface area contributed by atoms with Crippen molar-refractivity contribution in [2.45, 2.75) is 42.6 Å². The number of ether oxygens (including phenoxy) is 1. The van der Waals surface area contributed by atoms with Crippen LogP contribution in [0.5, 0.6) is 0 Å². The van der Waals surface area contributed by atoms with Crippen LogP contribution in [-0.2, 0) is 28.9 Å². The summed E-state index contributed by atoms with van der Waals surface area (Å²) in [7, 11) is 0. The first kappa shape index (κ1) is 18.6. The van der Waals surface area contributed by atoms with E-state index in [1.807, 2.05) is 6.07 Å². The molecule has 2 aliphatic rings. The van der Waals surface area contributed by atoms with Gasteiger partial charge < -0.3 is 15.0 Å². The van der Waals surface area contributed by atoms with Crippen LogP contribution in [0.25, 0.3) is 0 Å². The number of halogens is 2. The number of rotatable bonds is 3. The molecule has 0 aromatic heterocycles. The SMILES string of the molecule is N[C@H]1C[C@@H](N2Cc3ccc(S(=O)O)cc3C2)CO[C@@H]1c1cc(F)ccc1F. The van der Waals surface area contributed by atoms with Gasteiger partial charge in [0.05, 0.1) is 11.5 Å². The molecule has 4 rings (SSSR count). The fourth-order valence-corrected chi connectivity index (χ4v) is 4.34. The molecule has 0 amide bonds. The number of benzene rings is 2. The van der Waals surface area contributed by atoms with Gasteiger partial charge in [0.25, 0.3) is 0 Å². The minimum absolute atomic E-state index is 0.0448. The maximum absolute atomic E-state index is 14.0. The van der Waals surface area contributed by atoms with Gasteiger partial charge >= 0.3 is 0 Å². The van der Waals surface area contributed by atoms with Crippen LogP contribution >= 0.6 is 0 Å². The summed E-state index contributed by atoms with van der Waals surface area (Å²) in [6, 6.07) is 8.17. The van der Waals surface area contributed by atoms with Gasteiger partial charge in [0.15, 0.2) is 11.1 Å². The molecule has 0 radical (unpaired) electrons. The van der Waals surface area contributed by atoms with Crippen molar-refractivity contribution in [2.24, 2.45) is 5.73 Å². The molecule has 1 unspecified atom stereocenters. The topological polar surface area (TPSA) is 75.8 Å². The molecule has 0 bridgehead atoms. The maximum atomic E-state index is 14.0. The second-order valence-corrected chi connectivity index (χ2v) is 8.03. The Morgan fingerprint density at radius 1 is 1.15 bits per heavy atom. The summed E-state index contributed by atoms with van der Waals surface area (Å²) < 4.78 is 53.9. The summed E-state index contributed by atoms with van der Waals surface area (Å²) in [5, 5.41) is 0. The van der Waals surface area contributed by atoms with E-state index in [-0.39, 0.29) is 11.6 Å². The van der Waals surface area contributed by atoms with E-state index in [1.54, 1.807) is 12.1 Å². The highest BCUT2D eigenvalue weighted by Crippen LogP contribution is 2.34. The number of hydrogen-bond acceptors (Lipinski definition) is 4. The summed E-state index contributed by atoms with van der Waals surface area (Å²) in [4.78, 5) is 2.58. The molecule has 8 heteroatoms. The Balaban J connectivity index is 1.46. The molecular weight excluding hydrogens is 374 g/mol. The highest BCUT2D eigenvalue weighted by molar-refractivity contribution is 7.79. The summed E-state index contributed by atoms with van der Waals surface area (Å²) in [6.07, 6.45) is -0.0849. The van der Waals surface area contributed by atoms with Gasteiger partial charge in [-0.3, -0.25) is 4.90 Å². The van der Waals surface area contributed by atoms with E-state index in [2.05, 4.69) is 4.90 Å². The maximum Gasteiger partial charge on any atom is 0.186 e. The van der Waals surface area contributed by atoms with Crippen molar-refractivity contribution in [1.29, 1.82) is 0 Å². The Morgan fingerprint density at radius 2 is 1.93 bits per heavy atom. The van der Waals surface area contributed by atoms with Crippen LogP contribution in [0.3, 0.4) is 0 Å². The van der Waals surface area contributed by atoms with Crippen molar-refractivity contribution < 1.29 is 22.3 Å². The predicted octanol–water partition coefficient (Wildman–Crippen LogP) is 2.72. The first-order valence-corrected chi connectivity index (χ1v) is 9.82. The monoisotopic (exact) mass is 394 g/mol. The van der Waals surface area contributed by atoms with Gasteiger partial charge in [-0.1, -0.05) is 6.07 Å². The van der Waals surface area contributed by atoms with Crippen molar-refractivity contribution in [1.82, 2.24) is 4.90 Å². The highest BCUT2D eigenvalue weighted by atomic mass is 32.2. The molecule has 0 saturated carbocycles. The molecule has 0 aliphatic carbocycles. The Morgan fingerprint density at radius 3 is 2.67 bits per heavy atom. The molecule has 3 N–H and O–H groups in total. The molecule has 0 spiro atoms. The highest BCUT2D eigenvalue weighted by Gasteiger charge is 2.36. The lowest BCUT2D eigenvalue weighted by Gasteiger charge is -2.38. The van der Waals surface area contributed by atoms with Crippen LogP contribution in [0.1, 0.15) is 29.2 Å². The van der Waals surface area contributed by atoms with E-state index >= 15 is 0 Å². The summed E-state index contributed by atoms with van der Waals surface area (Å²) >= 11 is -2.00. The zero-order valence-electron chi connectivity index (χ0n) is 14.5. The zero-order valence-corrected chi connectivity index (χ0v) is 15.3. The summed E-state index contributed by atoms with van der Waals surface area (Å²) in [5.74, 6) is -1.04. The van der Waals surface area contributed by atoms with Crippen LogP contribution in [-0.4, -0.2) is 32.4 Å². The molecule has 27 heavy (non-hydrogen) atoms. The van der Waals surface area contributed by atoms with Crippen LogP contribution in [0.15, 0.2) is 41.3 Å². The minimum atomic E-state index is -2.00. The molecule has 2 aromatic carbocycles. The first-order chi connectivity index (χ1) is 12.9. The fourth-order valence-electron chi connectivity index (χ4n) is 3.92. The predicted molar refractivity (Wildman–Crippen MR) is 96.2 cm³/mol. The molecule has 5 nitrogen and oxygen atoms in total. The smallest absolute Gasteiger partial charge is 0.186 e. The Labute approximate surface area is 158 Å². The van der Waals surface area contributed by atoms with E-state index in [0.717, 1.165) is 29.3 Å². The van der Waals surface area contributed by atoms with E-state index in [1.165, 1.54) is 0 Å². The molecular formula is C19H20F2N2O3S. The van der Waals surface area contributed by atoms with Gasteiger partial charge in [-0.25, -0.2) is 13.0 Å². The largest absolute Gasteiger partial charge is 0.370 e. The van der Waals surface area contributed by atoms with Crippen LogP contribution in [0.4, 0.5) is 8.78 Å². The molecule has 2 aliphatic heterocycles. The number of nitrogens with zero attached hydrogens (tertiary/aromatic N) is 1. The third-order valence-corrected chi connectivity index (χ3v) is 5.97. The van der Waals surface area contributed by atoms with Gasteiger partial charge in [0.1, 0.15) is 17.7 Å². The van der Waals surface area contributed by atoms with Crippen molar-refractivity contribution in [3.05, 3.63) is 64.7 Å².